The molecule has 0 radical (unpaired) electrons. The number of carbonyl (C=O) groups excluding carboxylic acids is 2. The van der Waals surface area contributed by atoms with Crippen LogP contribution in [0.5, 0.6) is 0 Å². The van der Waals surface area contributed by atoms with Gasteiger partial charge in [-0.1, -0.05) is 36.4 Å². The van der Waals surface area contributed by atoms with E-state index < -0.39 is 0 Å². The Morgan fingerprint density at radius 2 is 1.67 bits per heavy atom. The minimum Gasteiger partial charge on any atom is -0.290 e. The SMILES string of the molecule is O=C1C=CC(=O)C(C2Cc3cccc4cccc2c34)=C1Br. The van der Waals surface area contributed by atoms with Crippen molar-refractivity contribution in [1.82, 2.24) is 0 Å². The highest BCUT2D eigenvalue weighted by molar-refractivity contribution is 9.12. The molecular formula is C18H11BrO2. The molecule has 0 heterocycles. The van der Waals surface area contributed by atoms with E-state index >= 15 is 0 Å². The molecule has 0 aromatic heterocycles. The summed E-state index contributed by atoms with van der Waals surface area (Å²) in [7, 11) is 0. The van der Waals surface area contributed by atoms with Crippen molar-refractivity contribution >= 4 is 38.3 Å². The zero-order valence-corrected chi connectivity index (χ0v) is 12.7. The van der Waals surface area contributed by atoms with Crippen LogP contribution in [0.15, 0.2) is 58.6 Å². The van der Waals surface area contributed by atoms with Crippen molar-refractivity contribution in [3.8, 4) is 0 Å². The number of hydrogen-bond donors (Lipinski definition) is 0. The third-order valence-corrected chi connectivity index (χ3v) is 5.09. The smallest absolute Gasteiger partial charge is 0.193 e. The van der Waals surface area contributed by atoms with Gasteiger partial charge < -0.3 is 0 Å². The van der Waals surface area contributed by atoms with Crippen molar-refractivity contribution in [2.75, 3.05) is 0 Å². The fourth-order valence-corrected chi connectivity index (χ4v) is 3.98. The Bertz CT molecular complexity index is 869. The third-order valence-electron chi connectivity index (χ3n) is 4.28. The van der Waals surface area contributed by atoms with Crippen LogP contribution in [-0.4, -0.2) is 11.6 Å². The van der Waals surface area contributed by atoms with Gasteiger partial charge >= 0.3 is 0 Å². The lowest BCUT2D eigenvalue weighted by atomic mass is 9.86. The Morgan fingerprint density at radius 1 is 0.952 bits per heavy atom. The standard InChI is InChI=1S/C18H11BrO2/c19-18-15(21)8-7-14(20)17(18)13-9-11-5-1-3-10-4-2-6-12(13)16(10)11/h1-8,13H,9H2. The molecule has 0 aliphatic heterocycles. The van der Waals surface area contributed by atoms with Gasteiger partial charge in [0.25, 0.3) is 0 Å². The van der Waals surface area contributed by atoms with E-state index in [1.807, 2.05) is 12.1 Å². The highest BCUT2D eigenvalue weighted by Crippen LogP contribution is 2.44. The summed E-state index contributed by atoms with van der Waals surface area (Å²) >= 11 is 3.32. The predicted octanol–water partition coefficient (Wildman–Crippen LogP) is 3.84. The largest absolute Gasteiger partial charge is 0.290 e. The number of ketones is 2. The average molecular weight is 339 g/mol. The van der Waals surface area contributed by atoms with E-state index in [0.717, 1.165) is 12.0 Å². The van der Waals surface area contributed by atoms with Crippen molar-refractivity contribution in [1.29, 1.82) is 0 Å². The van der Waals surface area contributed by atoms with Crippen LogP contribution in [0.4, 0.5) is 0 Å². The highest BCUT2D eigenvalue weighted by atomic mass is 79.9. The molecule has 2 aliphatic rings. The monoisotopic (exact) mass is 338 g/mol. The molecule has 0 spiro atoms. The first kappa shape index (κ1) is 12.7. The number of carbonyl (C=O) groups is 2. The van der Waals surface area contributed by atoms with Gasteiger partial charge in [0.05, 0.1) is 4.48 Å². The minimum atomic E-state index is -0.132. The van der Waals surface area contributed by atoms with Crippen molar-refractivity contribution in [3.63, 3.8) is 0 Å². The molecule has 1 atom stereocenters. The summed E-state index contributed by atoms with van der Waals surface area (Å²) in [4.78, 5) is 24.2. The molecule has 0 fully saturated rings. The van der Waals surface area contributed by atoms with E-state index in [9.17, 15) is 9.59 Å². The molecule has 0 amide bonds. The maximum absolute atomic E-state index is 12.3. The first-order valence-corrected chi connectivity index (χ1v) is 7.63. The summed E-state index contributed by atoms with van der Waals surface area (Å²) in [5, 5.41) is 2.42. The van der Waals surface area contributed by atoms with Gasteiger partial charge in [-0.15, -0.1) is 0 Å². The third kappa shape index (κ3) is 1.77. The van der Waals surface area contributed by atoms with Crippen LogP contribution >= 0.6 is 15.9 Å². The molecular weight excluding hydrogens is 328 g/mol. The summed E-state index contributed by atoms with van der Waals surface area (Å²) in [6.07, 6.45) is 3.48. The molecule has 21 heavy (non-hydrogen) atoms. The minimum absolute atomic E-state index is 0.0399. The van der Waals surface area contributed by atoms with E-state index in [1.54, 1.807) is 0 Å². The molecule has 0 saturated heterocycles. The van der Waals surface area contributed by atoms with Gasteiger partial charge in [0.15, 0.2) is 11.6 Å². The first-order chi connectivity index (χ1) is 10.2. The summed E-state index contributed by atoms with van der Waals surface area (Å²) in [6, 6.07) is 12.4. The predicted molar refractivity (Wildman–Crippen MR) is 85.5 cm³/mol. The van der Waals surface area contributed by atoms with E-state index in [0.29, 0.717) is 10.1 Å². The number of allylic oxidation sites excluding steroid dienone is 4. The number of halogens is 1. The molecule has 0 saturated carbocycles. The Hall–Kier alpha value is -2.00. The van der Waals surface area contributed by atoms with Gasteiger partial charge in [-0.3, -0.25) is 9.59 Å². The van der Waals surface area contributed by atoms with Crippen LogP contribution in [0, 0.1) is 0 Å². The summed E-state index contributed by atoms with van der Waals surface area (Å²) in [5.41, 5.74) is 2.98. The van der Waals surface area contributed by atoms with E-state index in [1.165, 1.54) is 28.5 Å². The molecule has 2 aromatic rings. The number of hydrogen-bond acceptors (Lipinski definition) is 2. The van der Waals surface area contributed by atoms with Crippen LogP contribution in [0.3, 0.4) is 0 Å². The second-order valence-corrected chi connectivity index (χ2v) is 6.20. The topological polar surface area (TPSA) is 34.1 Å². The summed E-state index contributed by atoms with van der Waals surface area (Å²) in [5.74, 6) is -0.245. The maximum Gasteiger partial charge on any atom is 0.193 e. The normalized spacial score (nSPS) is 20.7. The van der Waals surface area contributed by atoms with E-state index in [4.69, 9.17) is 0 Å². The second kappa shape index (κ2) is 4.50. The van der Waals surface area contributed by atoms with Gasteiger partial charge in [-0.25, -0.2) is 0 Å². The average Bonchev–Trinajstić information content (AvgIpc) is 2.85. The molecule has 0 bridgehead atoms. The first-order valence-electron chi connectivity index (χ1n) is 6.84. The lowest BCUT2D eigenvalue weighted by Gasteiger charge is -2.18. The Morgan fingerprint density at radius 3 is 2.48 bits per heavy atom. The molecule has 102 valence electrons. The molecule has 1 unspecified atom stereocenters. The molecule has 2 aromatic carbocycles. The molecule has 2 aliphatic carbocycles. The zero-order chi connectivity index (χ0) is 14.6. The van der Waals surface area contributed by atoms with Gasteiger partial charge in [-0.2, -0.15) is 0 Å². The van der Waals surface area contributed by atoms with Gasteiger partial charge in [0, 0.05) is 11.5 Å². The molecule has 4 rings (SSSR count). The Balaban J connectivity index is 1.95. The van der Waals surface area contributed by atoms with Crippen molar-refractivity contribution < 1.29 is 9.59 Å². The molecule has 0 N–H and O–H groups in total. The number of rotatable bonds is 1. The van der Waals surface area contributed by atoms with Crippen LogP contribution in [0.2, 0.25) is 0 Å². The number of benzene rings is 2. The van der Waals surface area contributed by atoms with E-state index in [2.05, 4.69) is 40.2 Å². The fourth-order valence-electron chi connectivity index (χ4n) is 3.38. The Kier molecular flexibility index (Phi) is 2.73. The van der Waals surface area contributed by atoms with Crippen LogP contribution in [0.1, 0.15) is 17.0 Å². The van der Waals surface area contributed by atoms with E-state index in [-0.39, 0.29) is 17.5 Å². The van der Waals surface area contributed by atoms with Gasteiger partial charge in [-0.05, 0) is 56.4 Å². The fraction of sp³-hybridized carbons (Fsp3) is 0.111. The quantitative estimate of drug-likeness (QED) is 0.740. The second-order valence-electron chi connectivity index (χ2n) is 5.41. The zero-order valence-electron chi connectivity index (χ0n) is 11.1. The van der Waals surface area contributed by atoms with Crippen molar-refractivity contribution in [2.24, 2.45) is 0 Å². The van der Waals surface area contributed by atoms with Crippen LogP contribution < -0.4 is 0 Å². The summed E-state index contributed by atoms with van der Waals surface area (Å²) < 4.78 is 0.407. The molecule has 2 nitrogen and oxygen atoms in total. The highest BCUT2D eigenvalue weighted by Gasteiger charge is 2.33. The van der Waals surface area contributed by atoms with Crippen LogP contribution in [0.25, 0.3) is 10.8 Å². The van der Waals surface area contributed by atoms with Gasteiger partial charge in [0.2, 0.25) is 0 Å². The van der Waals surface area contributed by atoms with Crippen LogP contribution in [-0.2, 0) is 16.0 Å². The van der Waals surface area contributed by atoms with Gasteiger partial charge in [0.1, 0.15) is 0 Å². The lowest BCUT2D eigenvalue weighted by Crippen LogP contribution is -2.17. The maximum atomic E-state index is 12.3. The molecule has 3 heteroatoms. The lowest BCUT2D eigenvalue weighted by molar-refractivity contribution is -0.114. The van der Waals surface area contributed by atoms with Crippen molar-refractivity contribution in [2.45, 2.75) is 12.3 Å². The summed E-state index contributed by atoms with van der Waals surface area (Å²) in [6.45, 7) is 0. The Labute approximate surface area is 130 Å². The van der Waals surface area contributed by atoms with Crippen molar-refractivity contribution in [3.05, 3.63) is 69.7 Å².